The number of unbranched alkanes of at least 4 members (excludes halogenated alkanes) is 1. The molecule has 1 aliphatic rings. The summed E-state index contributed by atoms with van der Waals surface area (Å²) in [5, 5.41) is -2.14. The monoisotopic (exact) mass is 530 g/mol. The van der Waals surface area contributed by atoms with Gasteiger partial charge in [-0.15, -0.1) is 0 Å². The highest BCUT2D eigenvalue weighted by Gasteiger charge is 2.41. The first-order chi connectivity index (χ1) is 18.0. The molecule has 3 aromatic rings. The topological polar surface area (TPSA) is 68.3 Å². The van der Waals surface area contributed by atoms with Crippen molar-refractivity contribution < 1.29 is 18.3 Å². The average Bonchev–Trinajstić information content (AvgIpc) is 3.45. The summed E-state index contributed by atoms with van der Waals surface area (Å²) in [6.45, 7) is 0. The Labute approximate surface area is 220 Å². The van der Waals surface area contributed by atoms with E-state index < -0.39 is 25.7 Å². The fourth-order valence-corrected chi connectivity index (χ4v) is 7.53. The van der Waals surface area contributed by atoms with Gasteiger partial charge >= 0.3 is 15.4 Å². The molecule has 0 fully saturated rings. The Morgan fingerprint density at radius 2 is 1.11 bits per heavy atom. The van der Waals surface area contributed by atoms with E-state index in [2.05, 4.69) is 12.2 Å². The van der Waals surface area contributed by atoms with E-state index in [0.717, 1.165) is 29.5 Å². The van der Waals surface area contributed by atoms with Crippen LogP contribution in [0.15, 0.2) is 115 Å². The summed E-state index contributed by atoms with van der Waals surface area (Å²) in [6.07, 6.45) is 10.3. The van der Waals surface area contributed by atoms with E-state index in [1.807, 2.05) is 97.1 Å². The SMILES string of the molecule is O=P(=O)C(CCCCC(c1ccccc1)(c1ccccc1)P(=O)=O)(CCC1=CC=CC1)c1ccccc1. The van der Waals surface area contributed by atoms with Crippen LogP contribution in [0.4, 0.5) is 0 Å². The average molecular weight is 531 g/mol. The van der Waals surface area contributed by atoms with Crippen LogP contribution in [-0.4, -0.2) is 0 Å². The molecule has 37 heavy (non-hydrogen) atoms. The van der Waals surface area contributed by atoms with Gasteiger partial charge in [-0.25, -0.2) is 18.3 Å². The lowest BCUT2D eigenvalue weighted by atomic mass is 9.83. The molecule has 0 aliphatic heterocycles. The van der Waals surface area contributed by atoms with Crippen molar-refractivity contribution in [2.75, 3.05) is 0 Å². The summed E-state index contributed by atoms with van der Waals surface area (Å²) < 4.78 is 51.6. The maximum Gasteiger partial charge on any atom is 0.331 e. The molecule has 1 aliphatic carbocycles. The predicted molar refractivity (Wildman–Crippen MR) is 148 cm³/mol. The van der Waals surface area contributed by atoms with E-state index in [1.165, 1.54) is 5.57 Å². The van der Waals surface area contributed by atoms with Gasteiger partial charge in [-0.05, 0) is 48.8 Å². The highest BCUT2D eigenvalue weighted by atomic mass is 31.1. The van der Waals surface area contributed by atoms with Crippen molar-refractivity contribution in [3.05, 3.63) is 131 Å². The molecular weight excluding hydrogens is 498 g/mol. The van der Waals surface area contributed by atoms with Crippen LogP contribution < -0.4 is 0 Å². The van der Waals surface area contributed by atoms with E-state index in [1.54, 1.807) is 0 Å². The van der Waals surface area contributed by atoms with Crippen molar-refractivity contribution >= 4 is 15.4 Å². The molecule has 0 N–H and O–H groups in total. The maximum absolute atomic E-state index is 12.9. The first-order valence-corrected chi connectivity index (χ1v) is 15.1. The third-order valence-electron chi connectivity index (χ3n) is 7.56. The van der Waals surface area contributed by atoms with Gasteiger partial charge in [-0.1, -0.05) is 128 Å². The van der Waals surface area contributed by atoms with Crippen molar-refractivity contribution in [2.24, 2.45) is 0 Å². The number of hydrogen-bond donors (Lipinski definition) is 0. The molecule has 0 saturated heterocycles. The number of allylic oxidation sites excluding steroid dienone is 4. The summed E-state index contributed by atoms with van der Waals surface area (Å²) in [5.74, 6) is 0. The minimum absolute atomic E-state index is 0.384. The Hall–Kier alpha value is -3.06. The van der Waals surface area contributed by atoms with Crippen LogP contribution in [-0.2, 0) is 28.6 Å². The largest absolute Gasteiger partial charge is 0.331 e. The van der Waals surface area contributed by atoms with Gasteiger partial charge in [0.05, 0.1) is 0 Å². The first-order valence-electron chi connectivity index (χ1n) is 12.8. The molecule has 3 aromatic carbocycles. The summed E-state index contributed by atoms with van der Waals surface area (Å²) >= 11 is 0. The molecule has 190 valence electrons. The minimum Gasteiger partial charge on any atom is -0.236 e. The second-order valence-corrected chi connectivity index (χ2v) is 12.3. The van der Waals surface area contributed by atoms with Crippen molar-refractivity contribution in [3.63, 3.8) is 0 Å². The molecule has 1 unspecified atom stereocenters. The Balaban J connectivity index is 1.60. The van der Waals surface area contributed by atoms with Crippen molar-refractivity contribution in [1.29, 1.82) is 0 Å². The van der Waals surface area contributed by atoms with Crippen molar-refractivity contribution in [3.8, 4) is 0 Å². The fourth-order valence-electron chi connectivity index (χ4n) is 5.48. The van der Waals surface area contributed by atoms with Crippen LogP contribution in [0.3, 0.4) is 0 Å². The normalized spacial score (nSPS) is 14.6. The summed E-state index contributed by atoms with van der Waals surface area (Å²) in [6, 6.07) is 28.1. The fraction of sp³-hybridized carbons (Fsp3) is 0.290. The molecule has 0 saturated carbocycles. The standard InChI is InChI=1S/C31H32O4P2/c32-36(33)30(27-16-4-1-5-17-27,25-22-26-14-10-11-15-26)23-12-13-24-31(37(34)35,28-18-6-2-7-19-28)29-20-8-3-9-21-29/h1-11,14,16-21H,12-13,15,22-25H2. The molecule has 4 rings (SSSR count). The third kappa shape index (κ3) is 5.93. The van der Waals surface area contributed by atoms with Crippen LogP contribution in [0.5, 0.6) is 0 Å². The van der Waals surface area contributed by atoms with E-state index in [4.69, 9.17) is 0 Å². The van der Waals surface area contributed by atoms with Crippen LogP contribution in [0, 0.1) is 0 Å². The van der Waals surface area contributed by atoms with E-state index in [9.17, 15) is 18.3 Å². The van der Waals surface area contributed by atoms with Gasteiger partial charge in [0.2, 0.25) is 0 Å². The van der Waals surface area contributed by atoms with E-state index >= 15 is 0 Å². The molecule has 4 nitrogen and oxygen atoms in total. The van der Waals surface area contributed by atoms with Gasteiger partial charge in [-0.3, -0.25) is 0 Å². The lowest BCUT2D eigenvalue weighted by molar-refractivity contribution is 0.411. The maximum atomic E-state index is 12.9. The molecule has 0 heterocycles. The second-order valence-electron chi connectivity index (χ2n) is 9.67. The number of hydrogen-bond acceptors (Lipinski definition) is 4. The Morgan fingerprint density at radius 1 is 0.595 bits per heavy atom. The smallest absolute Gasteiger partial charge is 0.236 e. The zero-order valence-electron chi connectivity index (χ0n) is 20.9. The summed E-state index contributed by atoms with van der Waals surface area (Å²) in [7, 11) is -5.61. The first kappa shape index (κ1) is 27.0. The van der Waals surface area contributed by atoms with E-state index in [0.29, 0.717) is 32.1 Å². The highest BCUT2D eigenvalue weighted by Crippen LogP contribution is 2.52. The van der Waals surface area contributed by atoms with E-state index in [-0.39, 0.29) is 0 Å². The Morgan fingerprint density at radius 3 is 1.57 bits per heavy atom. The zero-order chi connectivity index (χ0) is 26.1. The molecule has 0 spiro atoms. The molecule has 0 aromatic heterocycles. The quantitative estimate of drug-likeness (QED) is 0.163. The van der Waals surface area contributed by atoms with Gasteiger partial charge in [0.1, 0.15) is 10.3 Å². The lowest BCUT2D eigenvalue weighted by Gasteiger charge is -2.30. The molecule has 6 heteroatoms. The molecular formula is C31H32O4P2. The number of rotatable bonds is 13. The van der Waals surface area contributed by atoms with Crippen molar-refractivity contribution in [2.45, 2.75) is 55.3 Å². The zero-order valence-corrected chi connectivity index (χ0v) is 22.7. The Kier molecular flexibility index (Phi) is 9.09. The second kappa shape index (κ2) is 12.5. The van der Waals surface area contributed by atoms with Crippen molar-refractivity contribution in [1.82, 2.24) is 0 Å². The molecule has 0 amide bonds. The summed E-state index contributed by atoms with van der Waals surface area (Å²) in [4.78, 5) is 0. The molecule has 0 radical (unpaired) electrons. The van der Waals surface area contributed by atoms with Gasteiger partial charge < -0.3 is 0 Å². The van der Waals surface area contributed by atoms with Crippen LogP contribution in [0.25, 0.3) is 0 Å². The van der Waals surface area contributed by atoms with Gasteiger partial charge in [-0.2, -0.15) is 0 Å². The summed E-state index contributed by atoms with van der Waals surface area (Å²) in [5.41, 5.74) is 3.53. The third-order valence-corrected chi connectivity index (χ3v) is 10.3. The van der Waals surface area contributed by atoms with Gasteiger partial charge in [0.25, 0.3) is 0 Å². The lowest BCUT2D eigenvalue weighted by Crippen LogP contribution is -2.23. The van der Waals surface area contributed by atoms with Crippen LogP contribution in [0.2, 0.25) is 0 Å². The van der Waals surface area contributed by atoms with Crippen LogP contribution in [0.1, 0.15) is 61.6 Å². The predicted octanol–water partition coefficient (Wildman–Crippen LogP) is 9.40. The number of benzene rings is 3. The highest BCUT2D eigenvalue weighted by molar-refractivity contribution is 7.33. The molecule has 1 atom stereocenters. The van der Waals surface area contributed by atoms with Gasteiger partial charge in [0, 0.05) is 0 Å². The molecule has 0 bridgehead atoms. The van der Waals surface area contributed by atoms with Crippen LogP contribution >= 0.6 is 15.4 Å². The van der Waals surface area contributed by atoms with Gasteiger partial charge in [0.15, 0.2) is 0 Å². The minimum atomic E-state index is -2.85. The Bertz CT molecular complexity index is 1320.